The number of amides is 1. The second-order valence-electron chi connectivity index (χ2n) is 6.35. The minimum atomic E-state index is 0.121. The van der Waals surface area contributed by atoms with Gasteiger partial charge in [0.25, 0.3) is 0 Å². The van der Waals surface area contributed by atoms with Gasteiger partial charge in [0.2, 0.25) is 5.91 Å². The van der Waals surface area contributed by atoms with Gasteiger partial charge in [-0.2, -0.15) is 11.8 Å². The predicted octanol–water partition coefficient (Wildman–Crippen LogP) is 2.40. The Labute approximate surface area is 120 Å². The van der Waals surface area contributed by atoms with Gasteiger partial charge < -0.3 is 10.2 Å². The summed E-state index contributed by atoms with van der Waals surface area (Å²) in [7, 11) is 0. The van der Waals surface area contributed by atoms with Crippen molar-refractivity contribution in [1.82, 2.24) is 10.2 Å². The molecule has 1 saturated heterocycles. The molecule has 4 heteroatoms. The lowest BCUT2D eigenvalue weighted by atomic mass is 9.91. The molecule has 3 unspecified atom stereocenters. The van der Waals surface area contributed by atoms with Crippen molar-refractivity contribution in [1.29, 1.82) is 0 Å². The molecule has 3 rings (SSSR count). The summed E-state index contributed by atoms with van der Waals surface area (Å²) in [6, 6.07) is 1.28. The Morgan fingerprint density at radius 3 is 2.74 bits per heavy atom. The van der Waals surface area contributed by atoms with Crippen LogP contribution in [0, 0.1) is 0 Å². The minimum absolute atomic E-state index is 0.121. The molecule has 0 radical (unpaired) electrons. The average Bonchev–Trinajstić information content (AvgIpc) is 3.25. The highest BCUT2D eigenvalue weighted by atomic mass is 32.2. The zero-order chi connectivity index (χ0) is 13.2. The maximum atomic E-state index is 12.6. The van der Waals surface area contributed by atoms with Crippen LogP contribution in [0.4, 0.5) is 0 Å². The lowest BCUT2D eigenvalue weighted by Crippen LogP contribution is -2.55. The average molecular weight is 282 g/mol. The first-order valence-corrected chi connectivity index (χ1v) is 9.16. The van der Waals surface area contributed by atoms with Crippen LogP contribution in [-0.2, 0) is 4.79 Å². The van der Waals surface area contributed by atoms with Gasteiger partial charge >= 0.3 is 0 Å². The number of rotatable bonds is 4. The second-order valence-corrected chi connectivity index (χ2v) is 7.48. The van der Waals surface area contributed by atoms with Crippen molar-refractivity contribution in [2.45, 2.75) is 74.7 Å². The summed E-state index contributed by atoms with van der Waals surface area (Å²) in [5.74, 6) is 0.393. The van der Waals surface area contributed by atoms with Crippen molar-refractivity contribution in [3.8, 4) is 0 Å². The van der Waals surface area contributed by atoms with Gasteiger partial charge in [-0.1, -0.05) is 6.42 Å². The predicted molar refractivity (Wildman–Crippen MR) is 80.5 cm³/mol. The van der Waals surface area contributed by atoms with E-state index in [1.165, 1.54) is 44.9 Å². The number of carbonyl (C=O) groups excluding carboxylic acids is 1. The highest BCUT2D eigenvalue weighted by Gasteiger charge is 2.37. The number of thioether (sulfide) groups is 1. The van der Waals surface area contributed by atoms with Crippen LogP contribution in [0.5, 0.6) is 0 Å². The fourth-order valence-corrected chi connectivity index (χ4v) is 4.39. The van der Waals surface area contributed by atoms with Gasteiger partial charge in [0.05, 0.1) is 6.04 Å². The maximum absolute atomic E-state index is 12.6. The number of carbonyl (C=O) groups is 1. The van der Waals surface area contributed by atoms with E-state index in [1.54, 1.807) is 0 Å². The Hall–Kier alpha value is -0.220. The molecular formula is C15H26N2OS. The Balaban J connectivity index is 1.60. The van der Waals surface area contributed by atoms with Crippen LogP contribution >= 0.6 is 11.8 Å². The van der Waals surface area contributed by atoms with Crippen molar-refractivity contribution in [2.75, 3.05) is 12.8 Å². The molecule has 3 fully saturated rings. The quantitative estimate of drug-likeness (QED) is 0.859. The first-order valence-electron chi connectivity index (χ1n) is 7.87. The SMILES string of the molecule is CSC1CCCC(N2CCCC(NC3CC3)C2=O)C1. The molecule has 0 aromatic rings. The van der Waals surface area contributed by atoms with Crippen molar-refractivity contribution in [3.05, 3.63) is 0 Å². The zero-order valence-corrected chi connectivity index (χ0v) is 12.8. The van der Waals surface area contributed by atoms with Crippen molar-refractivity contribution < 1.29 is 4.79 Å². The van der Waals surface area contributed by atoms with Gasteiger partial charge in [0.1, 0.15) is 0 Å². The second kappa shape index (κ2) is 6.04. The molecule has 0 aromatic heterocycles. The topological polar surface area (TPSA) is 32.3 Å². The largest absolute Gasteiger partial charge is 0.338 e. The smallest absolute Gasteiger partial charge is 0.239 e. The van der Waals surface area contributed by atoms with Gasteiger partial charge in [-0.05, 0) is 51.2 Å². The monoisotopic (exact) mass is 282 g/mol. The Morgan fingerprint density at radius 2 is 2.00 bits per heavy atom. The maximum Gasteiger partial charge on any atom is 0.239 e. The normalized spacial score (nSPS) is 36.6. The van der Waals surface area contributed by atoms with Crippen LogP contribution in [-0.4, -0.2) is 47.0 Å². The highest BCUT2D eigenvalue weighted by Crippen LogP contribution is 2.32. The molecule has 2 aliphatic carbocycles. The lowest BCUT2D eigenvalue weighted by molar-refractivity contribution is -0.139. The number of likely N-dealkylation sites (tertiary alicyclic amines) is 1. The van der Waals surface area contributed by atoms with Crippen molar-refractivity contribution in [3.63, 3.8) is 0 Å². The number of piperidine rings is 1. The summed E-state index contributed by atoms with van der Waals surface area (Å²) in [5.41, 5.74) is 0. The summed E-state index contributed by atoms with van der Waals surface area (Å²) < 4.78 is 0. The first kappa shape index (κ1) is 13.7. The molecule has 0 bridgehead atoms. The highest BCUT2D eigenvalue weighted by molar-refractivity contribution is 7.99. The van der Waals surface area contributed by atoms with Gasteiger partial charge in [-0.3, -0.25) is 4.79 Å². The Morgan fingerprint density at radius 1 is 1.16 bits per heavy atom. The summed E-state index contributed by atoms with van der Waals surface area (Å²) in [5, 5.41) is 4.31. The van der Waals surface area contributed by atoms with E-state index in [1.807, 2.05) is 11.8 Å². The van der Waals surface area contributed by atoms with Gasteiger partial charge in [0, 0.05) is 23.9 Å². The van der Waals surface area contributed by atoms with E-state index >= 15 is 0 Å². The van der Waals surface area contributed by atoms with Crippen LogP contribution in [0.3, 0.4) is 0 Å². The van der Waals surface area contributed by atoms with E-state index in [-0.39, 0.29) is 6.04 Å². The molecular weight excluding hydrogens is 256 g/mol. The number of nitrogens with zero attached hydrogens (tertiary/aromatic N) is 1. The number of hydrogen-bond donors (Lipinski definition) is 1. The molecule has 1 amide bonds. The summed E-state index contributed by atoms with van der Waals surface area (Å²) in [4.78, 5) is 14.9. The van der Waals surface area contributed by atoms with E-state index in [9.17, 15) is 4.79 Å². The number of nitrogens with one attached hydrogen (secondary N) is 1. The summed E-state index contributed by atoms with van der Waals surface area (Å²) >= 11 is 1.98. The van der Waals surface area contributed by atoms with E-state index in [0.717, 1.165) is 18.2 Å². The molecule has 3 nitrogen and oxygen atoms in total. The van der Waals surface area contributed by atoms with Crippen LogP contribution in [0.15, 0.2) is 0 Å². The van der Waals surface area contributed by atoms with E-state index in [0.29, 0.717) is 18.0 Å². The standard InChI is InChI=1S/C15H26N2OS/c1-19-13-5-2-4-12(10-13)17-9-3-6-14(15(17)18)16-11-7-8-11/h11-14,16H,2-10H2,1H3. The Kier molecular flexibility index (Phi) is 4.37. The number of hydrogen-bond acceptors (Lipinski definition) is 3. The van der Waals surface area contributed by atoms with Crippen LogP contribution in [0.1, 0.15) is 51.4 Å². The van der Waals surface area contributed by atoms with Crippen molar-refractivity contribution >= 4 is 17.7 Å². The zero-order valence-electron chi connectivity index (χ0n) is 11.9. The molecule has 1 N–H and O–H groups in total. The summed E-state index contributed by atoms with van der Waals surface area (Å²) in [6.07, 6.45) is 12.0. The third-order valence-corrected chi connectivity index (χ3v) is 5.95. The molecule has 108 valence electrons. The van der Waals surface area contributed by atoms with Crippen LogP contribution in [0.2, 0.25) is 0 Å². The minimum Gasteiger partial charge on any atom is -0.338 e. The molecule has 0 aromatic carbocycles. The molecule has 19 heavy (non-hydrogen) atoms. The molecule has 3 aliphatic rings. The van der Waals surface area contributed by atoms with E-state index in [4.69, 9.17) is 0 Å². The molecule has 1 heterocycles. The van der Waals surface area contributed by atoms with Crippen LogP contribution < -0.4 is 5.32 Å². The van der Waals surface area contributed by atoms with E-state index in [2.05, 4.69) is 16.5 Å². The lowest BCUT2D eigenvalue weighted by Gasteiger charge is -2.41. The third-order valence-electron chi connectivity index (χ3n) is 4.86. The van der Waals surface area contributed by atoms with Crippen LogP contribution in [0.25, 0.3) is 0 Å². The molecule has 0 spiro atoms. The fraction of sp³-hybridized carbons (Fsp3) is 0.933. The van der Waals surface area contributed by atoms with Gasteiger partial charge in [-0.15, -0.1) is 0 Å². The van der Waals surface area contributed by atoms with Gasteiger partial charge in [0.15, 0.2) is 0 Å². The molecule has 3 atom stereocenters. The van der Waals surface area contributed by atoms with E-state index < -0.39 is 0 Å². The van der Waals surface area contributed by atoms with Crippen molar-refractivity contribution in [2.24, 2.45) is 0 Å². The van der Waals surface area contributed by atoms with Gasteiger partial charge in [-0.25, -0.2) is 0 Å². The Bertz CT molecular complexity index is 332. The third kappa shape index (κ3) is 3.27. The fourth-order valence-electron chi connectivity index (χ4n) is 3.57. The first-order chi connectivity index (χ1) is 9.28. The molecule has 2 saturated carbocycles. The summed E-state index contributed by atoms with van der Waals surface area (Å²) in [6.45, 7) is 0.993. The molecule has 1 aliphatic heterocycles.